The molecule has 0 bridgehead atoms. The van der Waals surface area contributed by atoms with Gasteiger partial charge in [-0.05, 0) is 44.2 Å². The highest BCUT2D eigenvalue weighted by molar-refractivity contribution is 5.84. The molecule has 3 rings (SSSR count). The fourth-order valence-electron chi connectivity index (χ4n) is 4.08. The third-order valence-electron chi connectivity index (χ3n) is 6.06. The SMILES string of the molecule is CCOCC(=O)N1CCC2(C/C=C/Cc3ccccc3OCC(=O)NCCNC2=O)CC1. The van der Waals surface area contributed by atoms with Crippen molar-refractivity contribution < 1.29 is 23.9 Å². The summed E-state index contributed by atoms with van der Waals surface area (Å²) in [5, 5.41) is 5.75. The van der Waals surface area contributed by atoms with E-state index in [2.05, 4.69) is 16.7 Å². The van der Waals surface area contributed by atoms with E-state index in [4.69, 9.17) is 9.47 Å². The van der Waals surface area contributed by atoms with Crippen LogP contribution in [0.25, 0.3) is 0 Å². The van der Waals surface area contributed by atoms with E-state index < -0.39 is 5.41 Å². The molecular formula is C24H33N3O5. The number of fused-ring (bicyclic) bond motifs is 1. The summed E-state index contributed by atoms with van der Waals surface area (Å²) in [4.78, 5) is 39.3. The summed E-state index contributed by atoms with van der Waals surface area (Å²) in [6.07, 6.45) is 6.52. The minimum Gasteiger partial charge on any atom is -0.483 e. The van der Waals surface area contributed by atoms with Crippen molar-refractivity contribution in [2.75, 3.05) is 46.0 Å². The van der Waals surface area contributed by atoms with Crippen molar-refractivity contribution >= 4 is 17.7 Å². The molecule has 2 heterocycles. The van der Waals surface area contributed by atoms with E-state index in [1.54, 1.807) is 4.90 Å². The summed E-state index contributed by atoms with van der Waals surface area (Å²) >= 11 is 0. The van der Waals surface area contributed by atoms with E-state index in [1.807, 2.05) is 37.3 Å². The maximum Gasteiger partial charge on any atom is 0.258 e. The highest BCUT2D eigenvalue weighted by atomic mass is 16.5. The Bertz CT molecular complexity index is 831. The van der Waals surface area contributed by atoms with E-state index in [0.29, 0.717) is 64.2 Å². The zero-order valence-corrected chi connectivity index (χ0v) is 18.7. The number of hydrogen-bond acceptors (Lipinski definition) is 5. The summed E-state index contributed by atoms with van der Waals surface area (Å²) in [6, 6.07) is 7.65. The molecule has 3 amide bonds. The summed E-state index contributed by atoms with van der Waals surface area (Å²) in [5.74, 6) is 0.399. The van der Waals surface area contributed by atoms with Gasteiger partial charge in [0.2, 0.25) is 11.8 Å². The smallest absolute Gasteiger partial charge is 0.258 e. The summed E-state index contributed by atoms with van der Waals surface area (Å²) in [7, 11) is 0. The molecule has 0 atom stereocenters. The number of likely N-dealkylation sites (tertiary alicyclic amines) is 1. The van der Waals surface area contributed by atoms with Crippen molar-refractivity contribution in [3.63, 3.8) is 0 Å². The predicted molar refractivity (Wildman–Crippen MR) is 120 cm³/mol. The van der Waals surface area contributed by atoms with Crippen LogP contribution in [0.5, 0.6) is 5.75 Å². The van der Waals surface area contributed by atoms with E-state index >= 15 is 0 Å². The monoisotopic (exact) mass is 443 g/mol. The molecule has 0 unspecified atom stereocenters. The molecule has 0 aliphatic carbocycles. The summed E-state index contributed by atoms with van der Waals surface area (Å²) in [5.41, 5.74) is 0.417. The summed E-state index contributed by atoms with van der Waals surface area (Å²) in [6.45, 7) is 4.11. The molecule has 8 heteroatoms. The highest BCUT2D eigenvalue weighted by Crippen LogP contribution is 2.36. The van der Waals surface area contributed by atoms with Crippen molar-refractivity contribution in [3.05, 3.63) is 42.0 Å². The first-order valence-corrected chi connectivity index (χ1v) is 11.3. The number of nitrogens with zero attached hydrogens (tertiary/aromatic N) is 1. The quantitative estimate of drug-likeness (QED) is 0.690. The largest absolute Gasteiger partial charge is 0.483 e. The Kier molecular flexibility index (Phi) is 8.67. The van der Waals surface area contributed by atoms with Crippen LogP contribution in [0, 0.1) is 5.41 Å². The number of carbonyl (C=O) groups is 3. The van der Waals surface area contributed by atoms with Gasteiger partial charge in [-0.15, -0.1) is 0 Å². The van der Waals surface area contributed by atoms with Crippen LogP contribution < -0.4 is 15.4 Å². The van der Waals surface area contributed by atoms with Crippen LogP contribution in [-0.2, 0) is 25.5 Å². The zero-order chi connectivity index (χ0) is 22.8. The molecule has 1 aromatic rings. The van der Waals surface area contributed by atoms with Gasteiger partial charge < -0.3 is 25.0 Å². The van der Waals surface area contributed by atoms with Crippen molar-refractivity contribution in [2.45, 2.75) is 32.6 Å². The van der Waals surface area contributed by atoms with Gasteiger partial charge >= 0.3 is 0 Å². The molecule has 0 radical (unpaired) electrons. The van der Waals surface area contributed by atoms with Crippen molar-refractivity contribution in [1.82, 2.24) is 15.5 Å². The van der Waals surface area contributed by atoms with Gasteiger partial charge in [0, 0.05) is 32.8 Å². The number of para-hydroxylation sites is 1. The Hall–Kier alpha value is -2.87. The van der Waals surface area contributed by atoms with Gasteiger partial charge in [0.15, 0.2) is 6.61 Å². The van der Waals surface area contributed by atoms with Crippen molar-refractivity contribution in [1.29, 1.82) is 0 Å². The number of piperidine rings is 1. The van der Waals surface area contributed by atoms with Crippen LogP contribution in [0.15, 0.2) is 36.4 Å². The molecule has 1 spiro atoms. The molecule has 1 fully saturated rings. The number of nitrogens with one attached hydrogen (secondary N) is 2. The average molecular weight is 444 g/mol. The Morgan fingerprint density at radius 1 is 1.12 bits per heavy atom. The molecule has 0 aromatic heterocycles. The normalized spacial score (nSPS) is 20.7. The standard InChI is InChI=1S/C24H33N3O5/c1-2-31-18-22(29)27-15-11-24(12-16-27)10-6-5-8-19-7-3-4-9-20(19)32-17-21(28)25-13-14-26-23(24)30/h3-7,9H,2,8,10-18H2,1H3,(H,25,28)(H,26,30)/b6-5+. The number of amides is 3. The van der Waals surface area contributed by atoms with E-state index in [9.17, 15) is 14.4 Å². The summed E-state index contributed by atoms with van der Waals surface area (Å²) < 4.78 is 10.9. The van der Waals surface area contributed by atoms with E-state index in [1.165, 1.54) is 0 Å². The van der Waals surface area contributed by atoms with E-state index in [-0.39, 0.29) is 30.9 Å². The number of ether oxygens (including phenoxy) is 2. The Balaban J connectivity index is 1.72. The third-order valence-corrected chi connectivity index (χ3v) is 6.06. The molecule has 2 N–H and O–H groups in total. The van der Waals surface area contributed by atoms with Crippen molar-refractivity contribution in [3.8, 4) is 5.75 Å². The second-order valence-electron chi connectivity index (χ2n) is 8.18. The lowest BCUT2D eigenvalue weighted by molar-refractivity contribution is -0.143. The molecule has 2 aliphatic rings. The van der Waals surface area contributed by atoms with Gasteiger partial charge in [-0.1, -0.05) is 30.4 Å². The molecule has 1 aromatic carbocycles. The molecule has 0 saturated carbocycles. The number of benzene rings is 1. The second-order valence-corrected chi connectivity index (χ2v) is 8.18. The highest BCUT2D eigenvalue weighted by Gasteiger charge is 2.41. The van der Waals surface area contributed by atoms with Gasteiger partial charge in [0.25, 0.3) is 5.91 Å². The molecule has 8 nitrogen and oxygen atoms in total. The number of hydrogen-bond donors (Lipinski definition) is 2. The fourth-order valence-corrected chi connectivity index (χ4v) is 4.08. The zero-order valence-electron chi connectivity index (χ0n) is 18.7. The lowest BCUT2D eigenvalue weighted by atomic mass is 9.74. The van der Waals surface area contributed by atoms with Gasteiger partial charge in [-0.2, -0.15) is 0 Å². The Morgan fingerprint density at radius 2 is 1.88 bits per heavy atom. The molecule has 174 valence electrons. The number of allylic oxidation sites excluding steroid dienone is 2. The lowest BCUT2D eigenvalue weighted by Gasteiger charge is -2.40. The van der Waals surface area contributed by atoms with Gasteiger partial charge in [0.05, 0.1) is 5.41 Å². The first-order valence-electron chi connectivity index (χ1n) is 11.3. The van der Waals surface area contributed by atoms with Gasteiger partial charge in [-0.25, -0.2) is 0 Å². The number of rotatable bonds is 3. The van der Waals surface area contributed by atoms with Gasteiger partial charge in [-0.3, -0.25) is 14.4 Å². The maximum absolute atomic E-state index is 13.1. The average Bonchev–Trinajstić information content (AvgIpc) is 2.82. The van der Waals surface area contributed by atoms with Crippen LogP contribution >= 0.6 is 0 Å². The predicted octanol–water partition coefficient (Wildman–Crippen LogP) is 1.45. The molecule has 32 heavy (non-hydrogen) atoms. The van der Waals surface area contributed by atoms with Gasteiger partial charge in [0.1, 0.15) is 12.4 Å². The van der Waals surface area contributed by atoms with Crippen LogP contribution in [0.1, 0.15) is 31.7 Å². The first kappa shape index (κ1) is 23.8. The Morgan fingerprint density at radius 3 is 2.66 bits per heavy atom. The topological polar surface area (TPSA) is 97.0 Å². The van der Waals surface area contributed by atoms with Crippen LogP contribution in [0.2, 0.25) is 0 Å². The Labute approximate surface area is 189 Å². The molecular weight excluding hydrogens is 410 g/mol. The van der Waals surface area contributed by atoms with E-state index in [0.717, 1.165) is 5.56 Å². The number of carbonyl (C=O) groups excluding carboxylic acids is 3. The fraction of sp³-hybridized carbons (Fsp3) is 0.542. The molecule has 2 aliphatic heterocycles. The first-order chi connectivity index (χ1) is 15.5. The van der Waals surface area contributed by atoms with Crippen LogP contribution in [0.4, 0.5) is 0 Å². The van der Waals surface area contributed by atoms with Crippen LogP contribution in [-0.4, -0.2) is 68.6 Å². The second kappa shape index (κ2) is 11.7. The minimum absolute atomic E-state index is 0.0279. The lowest BCUT2D eigenvalue weighted by Crippen LogP contribution is -2.51. The van der Waals surface area contributed by atoms with Crippen molar-refractivity contribution in [2.24, 2.45) is 5.41 Å². The third kappa shape index (κ3) is 6.32. The minimum atomic E-state index is -0.570. The molecule has 1 saturated heterocycles. The van der Waals surface area contributed by atoms with Crippen LogP contribution in [0.3, 0.4) is 0 Å². The maximum atomic E-state index is 13.1.